The van der Waals surface area contributed by atoms with Gasteiger partial charge in [-0.25, -0.2) is 0 Å². The highest BCUT2D eigenvalue weighted by Crippen LogP contribution is 2.23. The first-order chi connectivity index (χ1) is 6.89. The van der Waals surface area contributed by atoms with Gasteiger partial charge in [0, 0.05) is 6.42 Å². The second-order valence-corrected chi connectivity index (χ2v) is 5.65. The number of rotatable bonds is 7. The van der Waals surface area contributed by atoms with Crippen LogP contribution >= 0.6 is 8.03 Å². The van der Waals surface area contributed by atoms with Gasteiger partial charge in [-0.05, 0) is 11.5 Å². The summed E-state index contributed by atoms with van der Waals surface area (Å²) < 4.78 is 41.6. The Labute approximate surface area is 90.2 Å². The van der Waals surface area contributed by atoms with Crippen LogP contribution in [0.25, 0.3) is 0 Å². The highest BCUT2D eigenvalue weighted by molar-refractivity contribution is 7.86. The smallest absolute Gasteiger partial charge is 0.251 e. The topological polar surface area (TPSA) is 93.5 Å². The van der Waals surface area contributed by atoms with Crippen molar-refractivity contribution in [1.82, 2.24) is 0 Å². The van der Waals surface area contributed by atoms with Gasteiger partial charge in [0.05, 0.1) is 18.9 Å². The number of hydrogen-bond donors (Lipinski definition) is 0. The van der Waals surface area contributed by atoms with Gasteiger partial charge in [0.2, 0.25) is 0 Å². The third-order valence-corrected chi connectivity index (χ3v) is 3.03. The maximum atomic E-state index is 11.0. The average molecular weight is 254 g/mol. The molecule has 0 aliphatic carbocycles. The van der Waals surface area contributed by atoms with E-state index in [-0.39, 0.29) is 12.6 Å². The van der Waals surface area contributed by atoms with Crippen molar-refractivity contribution in [3.63, 3.8) is 0 Å². The minimum absolute atomic E-state index is 0.0682. The Morgan fingerprint density at radius 3 is 2.53 bits per heavy atom. The van der Waals surface area contributed by atoms with E-state index in [1.807, 2.05) is 0 Å². The normalized spacial score (nSPS) is 14.3. The van der Waals surface area contributed by atoms with Crippen LogP contribution in [0.1, 0.15) is 13.3 Å². The van der Waals surface area contributed by atoms with E-state index in [0.717, 1.165) is 6.26 Å². The standard InChI is InChI=1S/C7H13NO5PS/c1-3-12-14(9)5-4-7(6-8)13-15(2,10)11/h7H,3-5H2,1-2H3/q+1. The fourth-order valence-electron chi connectivity index (χ4n) is 0.776. The maximum Gasteiger partial charge on any atom is 0.508 e. The molecule has 8 heteroatoms. The molecule has 0 amide bonds. The van der Waals surface area contributed by atoms with Gasteiger partial charge in [-0.1, -0.05) is 0 Å². The van der Waals surface area contributed by atoms with E-state index >= 15 is 0 Å². The summed E-state index contributed by atoms with van der Waals surface area (Å²) in [4.78, 5) is 0. The zero-order valence-corrected chi connectivity index (χ0v) is 10.3. The van der Waals surface area contributed by atoms with E-state index in [1.165, 1.54) is 0 Å². The van der Waals surface area contributed by atoms with Gasteiger partial charge in [0.15, 0.2) is 12.3 Å². The van der Waals surface area contributed by atoms with Crippen LogP contribution in [-0.4, -0.2) is 33.5 Å². The Kier molecular flexibility index (Phi) is 6.61. The summed E-state index contributed by atoms with van der Waals surface area (Å²) in [5.74, 6) is 0. The number of nitrogens with zero attached hydrogens (tertiary/aromatic N) is 1. The molecule has 0 saturated carbocycles. The van der Waals surface area contributed by atoms with E-state index in [2.05, 4.69) is 4.18 Å². The predicted molar refractivity (Wildman–Crippen MR) is 54.0 cm³/mol. The summed E-state index contributed by atoms with van der Waals surface area (Å²) in [6.07, 6.45) is -0.0605. The molecule has 0 saturated heterocycles. The summed E-state index contributed by atoms with van der Waals surface area (Å²) in [6.45, 7) is 2.02. The van der Waals surface area contributed by atoms with Crippen LogP contribution in [0.4, 0.5) is 0 Å². The molecule has 0 N–H and O–H groups in total. The molecule has 0 aliphatic heterocycles. The monoisotopic (exact) mass is 254 g/mol. The van der Waals surface area contributed by atoms with Crippen molar-refractivity contribution in [3.05, 3.63) is 0 Å². The first-order valence-electron chi connectivity index (χ1n) is 4.24. The summed E-state index contributed by atoms with van der Waals surface area (Å²) in [6, 6.07) is 1.67. The highest BCUT2D eigenvalue weighted by Gasteiger charge is 2.22. The highest BCUT2D eigenvalue weighted by atomic mass is 32.2. The Morgan fingerprint density at radius 1 is 1.53 bits per heavy atom. The van der Waals surface area contributed by atoms with Gasteiger partial charge in [-0.2, -0.15) is 13.7 Å². The molecule has 6 nitrogen and oxygen atoms in total. The molecule has 0 rings (SSSR count). The third-order valence-electron chi connectivity index (χ3n) is 1.28. The maximum absolute atomic E-state index is 11.0. The Hall–Kier alpha value is -0.540. The summed E-state index contributed by atoms with van der Waals surface area (Å²) in [7, 11) is -5.49. The van der Waals surface area contributed by atoms with Crippen molar-refractivity contribution in [2.75, 3.05) is 19.0 Å². The van der Waals surface area contributed by atoms with Crippen molar-refractivity contribution < 1.29 is 21.7 Å². The van der Waals surface area contributed by atoms with E-state index in [9.17, 15) is 13.0 Å². The van der Waals surface area contributed by atoms with Crippen molar-refractivity contribution in [2.45, 2.75) is 19.4 Å². The first kappa shape index (κ1) is 14.5. The van der Waals surface area contributed by atoms with Gasteiger partial charge in [0.25, 0.3) is 10.1 Å². The van der Waals surface area contributed by atoms with Crippen molar-refractivity contribution in [3.8, 4) is 6.07 Å². The molecule has 0 aromatic heterocycles. The molecule has 86 valence electrons. The fourth-order valence-corrected chi connectivity index (χ4v) is 2.20. The van der Waals surface area contributed by atoms with E-state index in [1.54, 1.807) is 13.0 Å². The lowest BCUT2D eigenvalue weighted by molar-refractivity contribution is 0.258. The van der Waals surface area contributed by atoms with Crippen LogP contribution in [0.3, 0.4) is 0 Å². The Morgan fingerprint density at radius 2 is 2.13 bits per heavy atom. The third kappa shape index (κ3) is 8.45. The van der Waals surface area contributed by atoms with Crippen LogP contribution in [0.2, 0.25) is 0 Å². The number of nitriles is 1. The van der Waals surface area contributed by atoms with Crippen LogP contribution in [0.5, 0.6) is 0 Å². The van der Waals surface area contributed by atoms with E-state index < -0.39 is 24.3 Å². The van der Waals surface area contributed by atoms with Crippen LogP contribution in [-0.2, 0) is 23.4 Å². The Bertz CT molecular complexity index is 347. The zero-order chi connectivity index (χ0) is 11.9. The predicted octanol–water partition coefficient (Wildman–Crippen LogP) is 1.02. The molecule has 2 atom stereocenters. The molecule has 0 spiro atoms. The van der Waals surface area contributed by atoms with Crippen molar-refractivity contribution >= 4 is 18.1 Å². The lowest BCUT2D eigenvalue weighted by Gasteiger charge is -2.04. The quantitative estimate of drug-likeness (QED) is 0.497. The summed E-state index contributed by atoms with van der Waals surface area (Å²) in [5.41, 5.74) is 0. The largest absolute Gasteiger partial charge is 0.508 e. The minimum atomic E-state index is -3.65. The summed E-state index contributed by atoms with van der Waals surface area (Å²) >= 11 is 0. The number of hydrogen-bond acceptors (Lipinski definition) is 6. The second-order valence-electron chi connectivity index (χ2n) is 2.68. The molecule has 0 aromatic carbocycles. The lowest BCUT2D eigenvalue weighted by Crippen LogP contribution is -2.16. The fraction of sp³-hybridized carbons (Fsp3) is 0.857. The molecular weight excluding hydrogens is 241 g/mol. The molecule has 0 radical (unpaired) electrons. The van der Waals surface area contributed by atoms with E-state index in [4.69, 9.17) is 9.79 Å². The molecule has 0 aliphatic rings. The van der Waals surface area contributed by atoms with Crippen LogP contribution in [0.15, 0.2) is 0 Å². The van der Waals surface area contributed by atoms with Gasteiger partial charge >= 0.3 is 8.03 Å². The molecule has 15 heavy (non-hydrogen) atoms. The summed E-state index contributed by atoms with van der Waals surface area (Å²) in [5, 5.41) is 8.56. The molecule has 2 unspecified atom stereocenters. The molecule has 0 fully saturated rings. The lowest BCUT2D eigenvalue weighted by atomic mass is 10.3. The first-order valence-corrected chi connectivity index (χ1v) is 7.42. The van der Waals surface area contributed by atoms with E-state index in [0.29, 0.717) is 6.61 Å². The molecule has 0 aromatic rings. The molecular formula is C7H13NO5PS+. The molecule has 0 heterocycles. The average Bonchev–Trinajstić information content (AvgIpc) is 2.11. The van der Waals surface area contributed by atoms with Crippen molar-refractivity contribution in [1.29, 1.82) is 5.26 Å². The van der Waals surface area contributed by atoms with Gasteiger partial charge in [-0.3, -0.25) is 4.18 Å². The Balaban J connectivity index is 4.03. The van der Waals surface area contributed by atoms with Crippen molar-refractivity contribution in [2.24, 2.45) is 0 Å². The SMILES string of the molecule is CCO[P+](=O)CCC(C#N)OS(C)(=O)=O. The van der Waals surface area contributed by atoms with Gasteiger partial charge in [0.1, 0.15) is 0 Å². The van der Waals surface area contributed by atoms with Crippen LogP contribution < -0.4 is 0 Å². The minimum Gasteiger partial charge on any atom is -0.251 e. The van der Waals surface area contributed by atoms with Crippen LogP contribution in [0, 0.1) is 11.3 Å². The molecule has 0 bridgehead atoms. The van der Waals surface area contributed by atoms with Gasteiger partial charge < -0.3 is 0 Å². The second kappa shape index (κ2) is 6.85. The zero-order valence-electron chi connectivity index (χ0n) is 8.54. The van der Waals surface area contributed by atoms with Gasteiger partial charge in [-0.15, -0.1) is 4.52 Å².